The van der Waals surface area contributed by atoms with E-state index >= 15 is 0 Å². The lowest BCUT2D eigenvalue weighted by Crippen LogP contribution is -2.18. The Morgan fingerprint density at radius 1 is 1.22 bits per heavy atom. The third kappa shape index (κ3) is 3.18. The average Bonchev–Trinajstić information content (AvgIpc) is 2.75. The smallest absolute Gasteiger partial charge is 0.0534 e. The number of aryl methyl sites for hydroxylation is 1. The van der Waals surface area contributed by atoms with Gasteiger partial charge in [0.15, 0.2) is 0 Å². The van der Waals surface area contributed by atoms with E-state index < -0.39 is 0 Å². The van der Waals surface area contributed by atoms with Crippen molar-refractivity contribution in [3.05, 3.63) is 53.3 Å². The third-order valence-corrected chi connectivity index (χ3v) is 2.99. The first-order valence-corrected chi connectivity index (χ1v) is 6.12. The van der Waals surface area contributed by atoms with Crippen molar-refractivity contribution >= 4 is 0 Å². The molecule has 0 saturated carbocycles. The van der Waals surface area contributed by atoms with Crippen LogP contribution in [0.2, 0.25) is 0 Å². The molecule has 1 aromatic heterocycles. The Kier molecular flexibility index (Phi) is 4.12. The van der Waals surface area contributed by atoms with E-state index in [0.29, 0.717) is 6.54 Å². The second-order valence-corrected chi connectivity index (χ2v) is 4.67. The van der Waals surface area contributed by atoms with Gasteiger partial charge in [-0.3, -0.25) is 9.58 Å². The lowest BCUT2D eigenvalue weighted by molar-refractivity contribution is 0.318. The largest absolute Gasteiger partial charge is 0.326 e. The SMILES string of the molecule is CN(Cc1cnn(C)c1)Cc1ccccc1CN. The summed E-state index contributed by atoms with van der Waals surface area (Å²) < 4.78 is 1.83. The fourth-order valence-electron chi connectivity index (χ4n) is 2.12. The monoisotopic (exact) mass is 244 g/mol. The molecule has 4 nitrogen and oxygen atoms in total. The van der Waals surface area contributed by atoms with Gasteiger partial charge in [0.25, 0.3) is 0 Å². The number of hydrogen-bond acceptors (Lipinski definition) is 3. The van der Waals surface area contributed by atoms with Crippen LogP contribution in [0.25, 0.3) is 0 Å². The van der Waals surface area contributed by atoms with Crippen LogP contribution in [0, 0.1) is 0 Å². The standard InChI is InChI=1S/C14H20N4/c1-17(9-12-8-16-18(2)10-12)11-14-6-4-3-5-13(14)7-15/h3-6,8,10H,7,9,11,15H2,1-2H3. The topological polar surface area (TPSA) is 47.1 Å². The summed E-state index contributed by atoms with van der Waals surface area (Å²) in [6, 6.07) is 8.33. The van der Waals surface area contributed by atoms with Gasteiger partial charge in [0, 0.05) is 38.4 Å². The first kappa shape index (κ1) is 12.8. The molecule has 0 saturated heterocycles. The molecule has 96 valence electrons. The van der Waals surface area contributed by atoms with Crippen molar-refractivity contribution in [3.63, 3.8) is 0 Å². The Bertz CT molecular complexity index is 504. The minimum absolute atomic E-state index is 0.594. The highest BCUT2D eigenvalue weighted by molar-refractivity contribution is 5.26. The van der Waals surface area contributed by atoms with Crippen LogP contribution in [0.1, 0.15) is 16.7 Å². The van der Waals surface area contributed by atoms with E-state index in [1.165, 1.54) is 16.7 Å². The van der Waals surface area contributed by atoms with Crippen molar-refractivity contribution in [3.8, 4) is 0 Å². The minimum atomic E-state index is 0.594. The molecule has 18 heavy (non-hydrogen) atoms. The fraction of sp³-hybridized carbons (Fsp3) is 0.357. The highest BCUT2D eigenvalue weighted by Gasteiger charge is 2.06. The lowest BCUT2D eigenvalue weighted by atomic mass is 10.1. The summed E-state index contributed by atoms with van der Waals surface area (Å²) in [6.45, 7) is 2.39. The predicted octanol–water partition coefficient (Wildman–Crippen LogP) is 1.51. The first-order chi connectivity index (χ1) is 8.69. The average molecular weight is 244 g/mol. The van der Waals surface area contributed by atoms with Gasteiger partial charge in [0.1, 0.15) is 0 Å². The maximum Gasteiger partial charge on any atom is 0.0534 e. The Balaban J connectivity index is 2.00. The van der Waals surface area contributed by atoms with E-state index in [1.807, 2.05) is 30.2 Å². The van der Waals surface area contributed by atoms with Gasteiger partial charge in [-0.25, -0.2) is 0 Å². The van der Waals surface area contributed by atoms with Crippen LogP contribution in [0.5, 0.6) is 0 Å². The molecule has 1 heterocycles. The van der Waals surface area contributed by atoms with Crippen molar-refractivity contribution in [1.82, 2.24) is 14.7 Å². The highest BCUT2D eigenvalue weighted by Crippen LogP contribution is 2.12. The normalized spacial score (nSPS) is 11.1. The van der Waals surface area contributed by atoms with Crippen molar-refractivity contribution in [2.24, 2.45) is 12.8 Å². The molecule has 4 heteroatoms. The summed E-state index contributed by atoms with van der Waals surface area (Å²) in [5, 5.41) is 4.18. The molecule has 0 aliphatic heterocycles. The molecular formula is C14H20N4. The molecule has 0 fully saturated rings. The van der Waals surface area contributed by atoms with Gasteiger partial charge in [-0.1, -0.05) is 24.3 Å². The zero-order chi connectivity index (χ0) is 13.0. The zero-order valence-electron chi connectivity index (χ0n) is 11.0. The van der Waals surface area contributed by atoms with E-state index in [-0.39, 0.29) is 0 Å². The molecule has 0 unspecified atom stereocenters. The van der Waals surface area contributed by atoms with Gasteiger partial charge in [-0.15, -0.1) is 0 Å². The van der Waals surface area contributed by atoms with Crippen LogP contribution in [0.3, 0.4) is 0 Å². The molecule has 0 aliphatic carbocycles. The van der Waals surface area contributed by atoms with Crippen molar-refractivity contribution in [1.29, 1.82) is 0 Å². The van der Waals surface area contributed by atoms with Gasteiger partial charge in [0.05, 0.1) is 6.20 Å². The Morgan fingerprint density at radius 3 is 2.56 bits per heavy atom. The van der Waals surface area contributed by atoms with Crippen LogP contribution < -0.4 is 5.73 Å². The number of nitrogens with zero attached hydrogens (tertiary/aromatic N) is 3. The molecule has 0 amide bonds. The summed E-state index contributed by atoms with van der Waals surface area (Å²) in [6.07, 6.45) is 3.96. The minimum Gasteiger partial charge on any atom is -0.326 e. The van der Waals surface area contributed by atoms with E-state index in [4.69, 9.17) is 5.73 Å². The molecule has 0 radical (unpaired) electrons. The summed E-state index contributed by atoms with van der Waals surface area (Å²) in [5.74, 6) is 0. The van der Waals surface area contributed by atoms with Crippen molar-refractivity contribution < 1.29 is 0 Å². The Morgan fingerprint density at radius 2 is 1.94 bits per heavy atom. The van der Waals surface area contributed by atoms with Crippen LogP contribution >= 0.6 is 0 Å². The molecule has 2 N–H and O–H groups in total. The third-order valence-electron chi connectivity index (χ3n) is 2.99. The highest BCUT2D eigenvalue weighted by atomic mass is 15.2. The van der Waals surface area contributed by atoms with Gasteiger partial charge >= 0.3 is 0 Å². The first-order valence-electron chi connectivity index (χ1n) is 6.12. The Hall–Kier alpha value is -1.65. The number of benzene rings is 1. The molecule has 0 spiro atoms. The summed E-state index contributed by atoms with van der Waals surface area (Å²) in [7, 11) is 4.05. The maximum absolute atomic E-state index is 5.75. The Labute approximate surface area is 108 Å². The number of nitrogens with two attached hydrogens (primary N) is 1. The van der Waals surface area contributed by atoms with Crippen LogP contribution in [-0.2, 0) is 26.7 Å². The molecule has 2 rings (SSSR count). The maximum atomic E-state index is 5.75. The number of hydrogen-bond donors (Lipinski definition) is 1. The predicted molar refractivity (Wildman–Crippen MR) is 72.7 cm³/mol. The molecular weight excluding hydrogens is 224 g/mol. The second kappa shape index (κ2) is 5.80. The van der Waals surface area contributed by atoms with Crippen LogP contribution in [0.15, 0.2) is 36.7 Å². The summed E-state index contributed by atoms with van der Waals surface area (Å²) >= 11 is 0. The number of rotatable bonds is 5. The molecule has 0 aliphatic rings. The quantitative estimate of drug-likeness (QED) is 0.867. The van der Waals surface area contributed by atoms with Gasteiger partial charge in [0.2, 0.25) is 0 Å². The van der Waals surface area contributed by atoms with E-state index in [1.54, 1.807) is 0 Å². The number of aromatic nitrogens is 2. The van der Waals surface area contributed by atoms with Gasteiger partial charge in [-0.2, -0.15) is 5.10 Å². The molecule has 2 aromatic rings. The molecule has 0 atom stereocenters. The zero-order valence-corrected chi connectivity index (χ0v) is 11.0. The van der Waals surface area contributed by atoms with Gasteiger partial charge < -0.3 is 5.73 Å². The van der Waals surface area contributed by atoms with E-state index in [0.717, 1.165) is 13.1 Å². The summed E-state index contributed by atoms with van der Waals surface area (Å²) in [4.78, 5) is 2.27. The molecule has 0 bridgehead atoms. The van der Waals surface area contributed by atoms with Crippen molar-refractivity contribution in [2.75, 3.05) is 7.05 Å². The van der Waals surface area contributed by atoms with Crippen LogP contribution in [-0.4, -0.2) is 21.7 Å². The summed E-state index contributed by atoms with van der Waals surface area (Å²) in [5.41, 5.74) is 9.49. The second-order valence-electron chi connectivity index (χ2n) is 4.67. The lowest BCUT2D eigenvalue weighted by Gasteiger charge is -2.17. The van der Waals surface area contributed by atoms with Gasteiger partial charge in [-0.05, 0) is 18.2 Å². The van der Waals surface area contributed by atoms with Crippen molar-refractivity contribution in [2.45, 2.75) is 19.6 Å². The molecule has 1 aromatic carbocycles. The van der Waals surface area contributed by atoms with E-state index in [9.17, 15) is 0 Å². The van der Waals surface area contributed by atoms with E-state index in [2.05, 4.69) is 35.2 Å². The van der Waals surface area contributed by atoms with Crippen LogP contribution in [0.4, 0.5) is 0 Å². The fourth-order valence-corrected chi connectivity index (χ4v) is 2.12.